The number of methoxy groups -OCH3 is 2. The Balaban J connectivity index is 0. The first-order chi connectivity index (χ1) is 13.5. The molecule has 0 aromatic heterocycles. The summed E-state index contributed by atoms with van der Waals surface area (Å²) < 4.78 is 9.17. The van der Waals surface area contributed by atoms with E-state index in [9.17, 15) is 9.59 Å². The van der Waals surface area contributed by atoms with E-state index in [0.29, 0.717) is 11.5 Å². The Hall–Kier alpha value is -0.360. The second kappa shape index (κ2) is 22.9. The van der Waals surface area contributed by atoms with Gasteiger partial charge in [0, 0.05) is 0 Å². The highest BCUT2D eigenvalue weighted by molar-refractivity contribution is 8.00. The van der Waals surface area contributed by atoms with Crippen molar-refractivity contribution in [3.8, 4) is 0 Å². The van der Waals surface area contributed by atoms with Crippen LogP contribution in [0, 0.1) is 11.8 Å². The van der Waals surface area contributed by atoms with Crippen LogP contribution in [0.25, 0.3) is 0 Å². The molecule has 0 aromatic rings. The minimum atomic E-state index is -0.111. The van der Waals surface area contributed by atoms with Gasteiger partial charge in [-0.1, -0.05) is 66.2 Å². The molecule has 0 bridgehead atoms. The maximum atomic E-state index is 10.9. The number of unbranched alkanes of at least 4 members (excludes halogenated alkanes) is 2. The highest BCUT2D eigenvalue weighted by Gasteiger charge is 2.08. The molecule has 6 heteroatoms. The first kappa shape index (κ1) is 29.8. The fourth-order valence-electron chi connectivity index (χ4n) is 2.53. The summed E-state index contributed by atoms with van der Waals surface area (Å²) >= 11 is 3.39. The minimum Gasteiger partial charge on any atom is -0.468 e. The molecule has 0 saturated heterocycles. The molecule has 0 heterocycles. The third-order valence-corrected chi connectivity index (χ3v) is 6.98. The molecule has 0 radical (unpaired) electrons. The highest BCUT2D eigenvalue weighted by Crippen LogP contribution is 2.19. The van der Waals surface area contributed by atoms with Crippen molar-refractivity contribution in [2.45, 2.75) is 79.1 Å². The summed E-state index contributed by atoms with van der Waals surface area (Å²) in [6.07, 6.45) is 10.1. The van der Waals surface area contributed by atoms with Crippen molar-refractivity contribution in [3.05, 3.63) is 0 Å². The van der Waals surface area contributed by atoms with Crippen molar-refractivity contribution < 1.29 is 19.1 Å². The first-order valence-corrected chi connectivity index (χ1v) is 13.1. The third kappa shape index (κ3) is 20.4. The van der Waals surface area contributed by atoms with Gasteiger partial charge in [0.1, 0.15) is 0 Å². The van der Waals surface area contributed by atoms with Crippen molar-refractivity contribution in [1.29, 1.82) is 0 Å². The maximum Gasteiger partial charge on any atom is 0.315 e. The third-order valence-electron chi connectivity index (χ3n) is 4.69. The van der Waals surface area contributed by atoms with E-state index in [-0.39, 0.29) is 11.9 Å². The number of ether oxygens (including phenoxy) is 2. The Bertz CT molecular complexity index is 330. The second-order valence-electron chi connectivity index (χ2n) is 7.02. The molecule has 0 aliphatic carbocycles. The van der Waals surface area contributed by atoms with Crippen LogP contribution in [-0.4, -0.2) is 49.2 Å². The van der Waals surface area contributed by atoms with Gasteiger partial charge >= 0.3 is 11.9 Å². The molecule has 0 spiro atoms. The smallest absolute Gasteiger partial charge is 0.315 e. The number of carbonyl (C=O) groups is 2. The lowest BCUT2D eigenvalue weighted by Crippen LogP contribution is -2.08. The van der Waals surface area contributed by atoms with E-state index in [4.69, 9.17) is 0 Å². The van der Waals surface area contributed by atoms with Crippen molar-refractivity contribution >= 4 is 35.5 Å². The number of esters is 2. The van der Waals surface area contributed by atoms with Gasteiger partial charge in [0.2, 0.25) is 0 Å². The summed E-state index contributed by atoms with van der Waals surface area (Å²) in [7, 11) is 2.88. The Kier molecular flexibility index (Phi) is 24.4. The van der Waals surface area contributed by atoms with Crippen molar-refractivity contribution in [3.63, 3.8) is 0 Å². The van der Waals surface area contributed by atoms with E-state index in [2.05, 4.69) is 37.2 Å². The summed E-state index contributed by atoms with van der Waals surface area (Å²) in [6.45, 7) is 8.88. The Morgan fingerprint density at radius 1 is 0.714 bits per heavy atom. The largest absolute Gasteiger partial charge is 0.468 e. The van der Waals surface area contributed by atoms with Gasteiger partial charge < -0.3 is 9.47 Å². The van der Waals surface area contributed by atoms with Crippen LogP contribution in [0.15, 0.2) is 0 Å². The molecule has 0 aliphatic heterocycles. The molecule has 0 rings (SSSR count). The Morgan fingerprint density at radius 2 is 1.07 bits per heavy atom. The van der Waals surface area contributed by atoms with Gasteiger partial charge in [0.25, 0.3) is 0 Å². The van der Waals surface area contributed by atoms with Crippen LogP contribution in [0.5, 0.6) is 0 Å². The molecule has 2 atom stereocenters. The van der Waals surface area contributed by atoms with Gasteiger partial charge in [-0.2, -0.15) is 0 Å². The number of rotatable bonds is 16. The molecular weight excluding hydrogens is 392 g/mol. The van der Waals surface area contributed by atoms with E-state index in [0.717, 1.165) is 23.3 Å². The zero-order valence-electron chi connectivity index (χ0n) is 19.1. The molecule has 168 valence electrons. The number of carbonyl (C=O) groups excluding carboxylic acids is 2. The predicted molar refractivity (Wildman–Crippen MR) is 125 cm³/mol. The molecular formula is C22H44O4S2. The van der Waals surface area contributed by atoms with Crippen molar-refractivity contribution in [2.24, 2.45) is 11.8 Å². The fourth-order valence-corrected chi connectivity index (χ4v) is 4.81. The first-order valence-electron chi connectivity index (χ1n) is 10.8. The van der Waals surface area contributed by atoms with E-state index >= 15 is 0 Å². The SMILES string of the molecule is CCCCC(CC)CSCC(=O)OC.CCCCC(CC)CSCC(=O)OC. The van der Waals surface area contributed by atoms with E-state index in [1.807, 2.05) is 0 Å². The van der Waals surface area contributed by atoms with E-state index in [1.54, 1.807) is 23.5 Å². The van der Waals surface area contributed by atoms with Crippen LogP contribution in [0.4, 0.5) is 0 Å². The fraction of sp³-hybridized carbons (Fsp3) is 0.909. The number of hydrogen-bond donors (Lipinski definition) is 0. The van der Waals surface area contributed by atoms with Crippen molar-refractivity contribution in [1.82, 2.24) is 0 Å². The quantitative estimate of drug-likeness (QED) is 0.268. The summed E-state index contributed by atoms with van der Waals surface area (Å²) in [6, 6.07) is 0. The van der Waals surface area contributed by atoms with E-state index < -0.39 is 0 Å². The lowest BCUT2D eigenvalue weighted by molar-refractivity contribution is -0.138. The molecule has 0 aromatic carbocycles. The van der Waals surface area contributed by atoms with Crippen LogP contribution in [0.3, 0.4) is 0 Å². The maximum absolute atomic E-state index is 10.9. The van der Waals surface area contributed by atoms with Crippen LogP contribution >= 0.6 is 23.5 Å². The second-order valence-corrected chi connectivity index (χ2v) is 9.08. The zero-order chi connectivity index (χ0) is 21.6. The topological polar surface area (TPSA) is 52.6 Å². The summed E-state index contributed by atoms with van der Waals surface area (Å²) in [5.74, 6) is 4.49. The van der Waals surface area contributed by atoms with Crippen molar-refractivity contribution in [2.75, 3.05) is 37.2 Å². The predicted octanol–water partition coefficient (Wildman–Crippen LogP) is 6.22. The lowest BCUT2D eigenvalue weighted by atomic mass is 10.0. The average Bonchev–Trinajstić information content (AvgIpc) is 2.72. The number of thioether (sulfide) groups is 2. The normalized spacial score (nSPS) is 12.5. The molecule has 0 amide bonds. The monoisotopic (exact) mass is 436 g/mol. The highest BCUT2D eigenvalue weighted by atomic mass is 32.2. The minimum absolute atomic E-state index is 0.111. The molecule has 0 saturated carbocycles. The molecule has 2 unspecified atom stereocenters. The lowest BCUT2D eigenvalue weighted by Gasteiger charge is -2.12. The molecule has 28 heavy (non-hydrogen) atoms. The van der Waals surface area contributed by atoms with Gasteiger partial charge in [0.15, 0.2) is 0 Å². The molecule has 0 N–H and O–H groups in total. The molecule has 4 nitrogen and oxygen atoms in total. The summed E-state index contributed by atoms with van der Waals surface area (Å²) in [5, 5.41) is 0. The molecule has 0 aliphatic rings. The average molecular weight is 437 g/mol. The van der Waals surface area contributed by atoms with E-state index in [1.165, 1.54) is 65.6 Å². The Morgan fingerprint density at radius 3 is 1.32 bits per heavy atom. The van der Waals surface area contributed by atoms with Gasteiger partial charge in [-0.15, -0.1) is 23.5 Å². The zero-order valence-corrected chi connectivity index (χ0v) is 20.7. The van der Waals surface area contributed by atoms with Crippen LogP contribution in [-0.2, 0) is 19.1 Å². The standard InChI is InChI=1S/2C11H22O2S/c2*1-4-6-7-10(5-2)8-14-9-11(12)13-3/h2*10H,4-9H2,1-3H3. The van der Waals surface area contributed by atoms with Gasteiger partial charge in [-0.05, 0) is 36.2 Å². The summed E-state index contributed by atoms with van der Waals surface area (Å²) in [5.41, 5.74) is 0. The van der Waals surface area contributed by atoms with Crippen LogP contribution in [0.1, 0.15) is 79.1 Å². The van der Waals surface area contributed by atoms with Gasteiger partial charge in [0.05, 0.1) is 25.7 Å². The summed E-state index contributed by atoms with van der Waals surface area (Å²) in [4.78, 5) is 21.7. The van der Waals surface area contributed by atoms with Gasteiger partial charge in [-0.3, -0.25) is 9.59 Å². The number of hydrogen-bond acceptors (Lipinski definition) is 6. The van der Waals surface area contributed by atoms with Crippen LogP contribution in [0.2, 0.25) is 0 Å². The van der Waals surface area contributed by atoms with Gasteiger partial charge in [-0.25, -0.2) is 0 Å². The Labute approximate surface area is 182 Å². The molecule has 0 fully saturated rings. The van der Waals surface area contributed by atoms with Crippen LogP contribution < -0.4 is 0 Å².